The van der Waals surface area contributed by atoms with E-state index in [1.807, 2.05) is 37.3 Å². The molecule has 1 aromatic rings. The molecule has 0 bridgehead atoms. The van der Waals surface area contributed by atoms with Crippen molar-refractivity contribution in [2.75, 3.05) is 7.11 Å². The lowest BCUT2D eigenvalue weighted by molar-refractivity contribution is -0.244. The Balaban J connectivity index is 1.91. The zero-order valence-corrected chi connectivity index (χ0v) is 10.9. The second-order valence-corrected chi connectivity index (χ2v) is 4.68. The van der Waals surface area contributed by atoms with Crippen molar-refractivity contribution in [2.24, 2.45) is 5.73 Å². The Morgan fingerprint density at radius 3 is 2.72 bits per heavy atom. The highest BCUT2D eigenvalue weighted by Gasteiger charge is 2.34. The number of nitrogens with two attached hydrogens (primary N) is 1. The van der Waals surface area contributed by atoms with E-state index in [-0.39, 0.29) is 24.5 Å². The van der Waals surface area contributed by atoms with Gasteiger partial charge in [0.1, 0.15) is 6.10 Å². The minimum absolute atomic E-state index is 0.00262. The SMILES string of the molecule is CO[C@H]1O[C@H](C)[C@@H](N)C[C@@H]1OCc1ccccc1. The second-order valence-electron chi connectivity index (χ2n) is 4.68. The van der Waals surface area contributed by atoms with E-state index in [9.17, 15) is 0 Å². The topological polar surface area (TPSA) is 53.7 Å². The van der Waals surface area contributed by atoms with Crippen LogP contribution in [0.3, 0.4) is 0 Å². The van der Waals surface area contributed by atoms with Crippen LogP contribution in [-0.4, -0.2) is 31.6 Å². The molecular weight excluding hydrogens is 230 g/mol. The van der Waals surface area contributed by atoms with Gasteiger partial charge in [-0.1, -0.05) is 30.3 Å². The summed E-state index contributed by atoms with van der Waals surface area (Å²) in [6.07, 6.45) is 0.323. The van der Waals surface area contributed by atoms with Crippen LogP contribution in [0.5, 0.6) is 0 Å². The summed E-state index contributed by atoms with van der Waals surface area (Å²) in [5, 5.41) is 0. The van der Waals surface area contributed by atoms with Gasteiger partial charge in [0.05, 0.1) is 12.7 Å². The van der Waals surface area contributed by atoms with Crippen molar-refractivity contribution in [2.45, 2.75) is 44.5 Å². The quantitative estimate of drug-likeness (QED) is 0.884. The summed E-state index contributed by atoms with van der Waals surface area (Å²) in [6.45, 7) is 2.51. The molecule has 0 unspecified atom stereocenters. The maximum Gasteiger partial charge on any atom is 0.183 e. The largest absolute Gasteiger partial charge is 0.368 e. The number of ether oxygens (including phenoxy) is 3. The number of hydrogen-bond donors (Lipinski definition) is 1. The third-order valence-corrected chi connectivity index (χ3v) is 3.30. The van der Waals surface area contributed by atoms with Gasteiger partial charge in [-0.2, -0.15) is 0 Å². The molecule has 1 aromatic carbocycles. The Kier molecular flexibility index (Phi) is 4.72. The Morgan fingerprint density at radius 1 is 1.33 bits per heavy atom. The molecule has 4 atom stereocenters. The highest BCUT2D eigenvalue weighted by atomic mass is 16.7. The van der Waals surface area contributed by atoms with E-state index in [4.69, 9.17) is 19.9 Å². The van der Waals surface area contributed by atoms with Crippen LogP contribution in [-0.2, 0) is 20.8 Å². The lowest BCUT2D eigenvalue weighted by Crippen LogP contribution is -2.51. The van der Waals surface area contributed by atoms with Gasteiger partial charge in [0.25, 0.3) is 0 Å². The van der Waals surface area contributed by atoms with Gasteiger partial charge in [-0.05, 0) is 18.9 Å². The Morgan fingerprint density at radius 2 is 2.06 bits per heavy atom. The van der Waals surface area contributed by atoms with Gasteiger partial charge in [0.2, 0.25) is 0 Å². The van der Waals surface area contributed by atoms with E-state index in [0.717, 1.165) is 12.0 Å². The fourth-order valence-electron chi connectivity index (χ4n) is 2.10. The summed E-state index contributed by atoms with van der Waals surface area (Å²) in [4.78, 5) is 0. The van der Waals surface area contributed by atoms with Gasteiger partial charge in [-0.3, -0.25) is 0 Å². The molecule has 18 heavy (non-hydrogen) atoms. The zero-order valence-electron chi connectivity index (χ0n) is 10.9. The van der Waals surface area contributed by atoms with Crippen LogP contribution in [0.2, 0.25) is 0 Å². The van der Waals surface area contributed by atoms with Crippen LogP contribution >= 0.6 is 0 Å². The standard InChI is InChI=1S/C14H21NO3/c1-10-12(15)8-13(14(16-2)18-10)17-9-11-6-4-3-5-7-11/h3-7,10,12-14H,8-9,15H2,1-2H3/t10-,12+,13+,14+/m1/s1. The maximum absolute atomic E-state index is 5.99. The van der Waals surface area contributed by atoms with E-state index in [1.165, 1.54) is 0 Å². The minimum Gasteiger partial charge on any atom is -0.368 e. The van der Waals surface area contributed by atoms with Crippen molar-refractivity contribution in [3.05, 3.63) is 35.9 Å². The third-order valence-electron chi connectivity index (χ3n) is 3.30. The van der Waals surface area contributed by atoms with Crippen LogP contribution in [0.1, 0.15) is 18.9 Å². The molecule has 0 radical (unpaired) electrons. The van der Waals surface area contributed by atoms with Crippen molar-refractivity contribution in [1.82, 2.24) is 0 Å². The number of benzene rings is 1. The fraction of sp³-hybridized carbons (Fsp3) is 0.571. The monoisotopic (exact) mass is 251 g/mol. The molecule has 1 fully saturated rings. The summed E-state index contributed by atoms with van der Waals surface area (Å²) in [7, 11) is 1.63. The van der Waals surface area contributed by atoms with Crippen molar-refractivity contribution >= 4 is 0 Å². The normalized spacial score (nSPS) is 32.4. The average Bonchev–Trinajstić information content (AvgIpc) is 2.41. The first kappa shape index (κ1) is 13.5. The van der Waals surface area contributed by atoms with Crippen molar-refractivity contribution in [3.8, 4) is 0 Å². The molecule has 0 saturated carbocycles. The first-order valence-corrected chi connectivity index (χ1v) is 6.30. The smallest absolute Gasteiger partial charge is 0.183 e. The van der Waals surface area contributed by atoms with Crippen LogP contribution in [0, 0.1) is 0 Å². The van der Waals surface area contributed by atoms with E-state index < -0.39 is 0 Å². The lowest BCUT2D eigenvalue weighted by Gasteiger charge is -2.37. The van der Waals surface area contributed by atoms with Gasteiger partial charge in [0, 0.05) is 13.2 Å². The van der Waals surface area contributed by atoms with E-state index in [2.05, 4.69) is 0 Å². The zero-order chi connectivity index (χ0) is 13.0. The molecule has 1 aliphatic heterocycles. The fourth-order valence-corrected chi connectivity index (χ4v) is 2.10. The molecule has 2 rings (SSSR count). The van der Waals surface area contributed by atoms with Gasteiger partial charge in [0.15, 0.2) is 6.29 Å². The first-order chi connectivity index (χ1) is 8.70. The van der Waals surface area contributed by atoms with Gasteiger partial charge < -0.3 is 19.9 Å². The summed E-state index contributed by atoms with van der Waals surface area (Å²) < 4.78 is 16.8. The van der Waals surface area contributed by atoms with Crippen LogP contribution in [0.15, 0.2) is 30.3 Å². The first-order valence-electron chi connectivity index (χ1n) is 6.30. The molecule has 2 N–H and O–H groups in total. The van der Waals surface area contributed by atoms with E-state index >= 15 is 0 Å². The average molecular weight is 251 g/mol. The van der Waals surface area contributed by atoms with E-state index in [0.29, 0.717) is 6.61 Å². The molecule has 0 aliphatic carbocycles. The Labute approximate surface area is 108 Å². The molecule has 4 heteroatoms. The summed E-state index contributed by atoms with van der Waals surface area (Å²) in [6, 6.07) is 10.1. The molecular formula is C14H21NO3. The van der Waals surface area contributed by atoms with Gasteiger partial charge >= 0.3 is 0 Å². The Bertz CT molecular complexity index is 357. The summed E-state index contributed by atoms with van der Waals surface area (Å²) >= 11 is 0. The van der Waals surface area contributed by atoms with E-state index in [1.54, 1.807) is 7.11 Å². The molecule has 4 nitrogen and oxygen atoms in total. The maximum atomic E-state index is 5.99. The van der Waals surface area contributed by atoms with Gasteiger partial charge in [-0.15, -0.1) is 0 Å². The second kappa shape index (κ2) is 6.29. The predicted octanol–water partition coefficient (Wildman–Crippen LogP) is 1.68. The van der Waals surface area contributed by atoms with Crippen molar-refractivity contribution in [3.63, 3.8) is 0 Å². The Hall–Kier alpha value is -0.940. The number of hydrogen-bond acceptors (Lipinski definition) is 4. The van der Waals surface area contributed by atoms with Crippen molar-refractivity contribution in [1.29, 1.82) is 0 Å². The highest BCUT2D eigenvalue weighted by Crippen LogP contribution is 2.22. The van der Waals surface area contributed by atoms with Gasteiger partial charge in [-0.25, -0.2) is 0 Å². The summed E-state index contributed by atoms with van der Waals surface area (Å²) in [5.41, 5.74) is 7.13. The molecule has 0 amide bonds. The van der Waals surface area contributed by atoms with Crippen LogP contribution < -0.4 is 5.73 Å². The molecule has 100 valence electrons. The number of methoxy groups -OCH3 is 1. The molecule has 0 spiro atoms. The minimum atomic E-state index is -0.330. The number of rotatable bonds is 4. The summed E-state index contributed by atoms with van der Waals surface area (Å²) in [5.74, 6) is 0. The van der Waals surface area contributed by atoms with Crippen LogP contribution in [0.4, 0.5) is 0 Å². The molecule has 0 aromatic heterocycles. The molecule has 1 heterocycles. The highest BCUT2D eigenvalue weighted by molar-refractivity contribution is 5.13. The lowest BCUT2D eigenvalue weighted by atomic mass is 10.0. The van der Waals surface area contributed by atoms with Crippen LogP contribution in [0.25, 0.3) is 0 Å². The van der Waals surface area contributed by atoms with Crippen molar-refractivity contribution < 1.29 is 14.2 Å². The predicted molar refractivity (Wildman–Crippen MR) is 69.0 cm³/mol. The molecule has 1 saturated heterocycles. The molecule has 1 aliphatic rings. The third kappa shape index (κ3) is 3.29.